The standard InChI is InChI=1S/C21H37N3O5.C17H28N2O6.CH4/c1-12-10-11-21(24(12)18(28)29-20(7,8)9)14(3)23(17(21)27)15(13(2)25)16(26)22-19(4,5)6;1-9-7-8-17(19(9)15(24)25-16(4,5)6)11(3)18(14(17)23)12(10(2)20)13(21)22;/h12-15,25H,10-11H2,1-9H3,(H,22,26);9-12,20H,7-8H2,1-6H3,(H,21,22);1H4/t12?,13-,14?,15+,21?;9?,10-,11?,12+,17?;/m11./s1. The lowest BCUT2D eigenvalue weighted by Gasteiger charge is -2.59. The van der Waals surface area contributed by atoms with Gasteiger partial charge in [-0.25, -0.2) is 14.4 Å². The Morgan fingerprint density at radius 1 is 0.691 bits per heavy atom. The van der Waals surface area contributed by atoms with Gasteiger partial charge in [0.05, 0.1) is 24.3 Å². The summed E-state index contributed by atoms with van der Waals surface area (Å²) in [5, 5.41) is 32.3. The highest BCUT2D eigenvalue weighted by Crippen LogP contribution is 2.50. The number of carbonyl (C=O) groups excluding carboxylic acids is 5. The predicted molar refractivity (Wildman–Crippen MR) is 205 cm³/mol. The number of β-lactam (4-membered cyclic amide) rings is 2. The highest BCUT2D eigenvalue weighted by atomic mass is 16.6. The molecule has 6 unspecified atom stereocenters. The molecular weight excluding hydrogens is 714 g/mol. The van der Waals surface area contributed by atoms with E-state index in [4.69, 9.17) is 9.47 Å². The van der Waals surface area contributed by atoms with E-state index >= 15 is 0 Å². The lowest BCUT2D eigenvalue weighted by Crippen LogP contribution is -2.82. The van der Waals surface area contributed by atoms with Gasteiger partial charge in [0, 0.05) is 17.6 Å². The topological polar surface area (TPSA) is 207 Å². The zero-order chi connectivity index (χ0) is 41.8. The van der Waals surface area contributed by atoms with Crippen LogP contribution >= 0.6 is 0 Å². The largest absolute Gasteiger partial charge is 0.480 e. The number of nitrogens with zero attached hydrogens (tertiary/aromatic N) is 4. The number of ether oxygens (including phenoxy) is 2. The van der Waals surface area contributed by atoms with Crippen molar-refractivity contribution in [3.8, 4) is 0 Å². The molecular formula is C39H69N5O11. The lowest BCUT2D eigenvalue weighted by atomic mass is 9.75. The number of hydrogen-bond acceptors (Lipinski definition) is 10. The lowest BCUT2D eigenvalue weighted by molar-refractivity contribution is -0.188. The number of aliphatic hydroxyl groups is 2. The number of carbonyl (C=O) groups is 6. The SMILES string of the molecule is C.CC1CCC2(C(=O)N([C@H](C(=O)NC(C)(C)C)[C@@H](C)O)C2C)N1C(=O)OC(C)(C)C.CC1CCC2(C(=O)N([C@H](C(=O)O)[C@@H](C)O)C2C)N1C(=O)OC(C)(C)C. The van der Waals surface area contributed by atoms with E-state index in [1.54, 1.807) is 53.4 Å². The van der Waals surface area contributed by atoms with Gasteiger partial charge in [0.15, 0.2) is 6.04 Å². The second-order valence-corrected chi connectivity index (χ2v) is 18.5. The minimum atomic E-state index is -1.33. The fraction of sp³-hybridized carbons (Fsp3) is 0.846. The number of amides is 5. The average Bonchev–Trinajstić information content (AvgIpc) is 3.54. The van der Waals surface area contributed by atoms with E-state index in [1.165, 1.54) is 28.5 Å². The second-order valence-electron chi connectivity index (χ2n) is 18.5. The van der Waals surface area contributed by atoms with Gasteiger partial charge in [0.1, 0.15) is 28.3 Å². The predicted octanol–water partition coefficient (Wildman–Crippen LogP) is 3.88. The Kier molecular flexibility index (Phi) is 13.9. The van der Waals surface area contributed by atoms with Gasteiger partial charge in [-0.15, -0.1) is 0 Å². The van der Waals surface area contributed by atoms with Crippen LogP contribution in [0.1, 0.15) is 137 Å². The van der Waals surface area contributed by atoms with Crippen LogP contribution in [0.3, 0.4) is 0 Å². The molecule has 0 aromatic carbocycles. The van der Waals surface area contributed by atoms with Crippen molar-refractivity contribution < 1.29 is 53.6 Å². The van der Waals surface area contributed by atoms with Crippen LogP contribution < -0.4 is 5.32 Å². The van der Waals surface area contributed by atoms with Crippen molar-refractivity contribution in [2.24, 2.45) is 0 Å². The van der Waals surface area contributed by atoms with E-state index in [1.807, 2.05) is 41.5 Å². The molecule has 0 aliphatic carbocycles. The Morgan fingerprint density at radius 3 is 1.27 bits per heavy atom. The maximum Gasteiger partial charge on any atom is 0.411 e. The Bertz CT molecular complexity index is 1480. The van der Waals surface area contributed by atoms with Gasteiger partial charge in [-0.05, 0) is 130 Å². The van der Waals surface area contributed by atoms with Crippen LogP contribution in [0.2, 0.25) is 0 Å². The third-order valence-corrected chi connectivity index (χ3v) is 10.8. The van der Waals surface area contributed by atoms with Crippen LogP contribution in [-0.4, -0.2) is 147 Å². The zero-order valence-corrected chi connectivity index (χ0v) is 34.8. The van der Waals surface area contributed by atoms with Crippen molar-refractivity contribution in [2.45, 2.75) is 213 Å². The molecule has 0 aromatic rings. The van der Waals surface area contributed by atoms with E-state index < -0.39 is 94.2 Å². The van der Waals surface area contributed by atoms with E-state index in [0.29, 0.717) is 25.7 Å². The van der Waals surface area contributed by atoms with Crippen molar-refractivity contribution in [3.05, 3.63) is 0 Å². The van der Waals surface area contributed by atoms with E-state index in [-0.39, 0.29) is 25.4 Å². The Labute approximate surface area is 327 Å². The average molecular weight is 784 g/mol. The fourth-order valence-electron chi connectivity index (χ4n) is 8.49. The van der Waals surface area contributed by atoms with Gasteiger partial charge in [0.25, 0.3) is 11.8 Å². The van der Waals surface area contributed by atoms with E-state index in [0.717, 1.165) is 0 Å². The van der Waals surface area contributed by atoms with Crippen molar-refractivity contribution in [1.82, 2.24) is 24.9 Å². The number of likely N-dealkylation sites (tertiary alicyclic amines) is 4. The summed E-state index contributed by atoms with van der Waals surface area (Å²) in [7, 11) is 0. The molecule has 0 bridgehead atoms. The molecule has 4 aliphatic rings. The summed E-state index contributed by atoms with van der Waals surface area (Å²) in [5.41, 5.74) is -3.99. The zero-order valence-electron chi connectivity index (χ0n) is 34.8. The van der Waals surface area contributed by atoms with Gasteiger partial charge >= 0.3 is 18.2 Å². The smallest absolute Gasteiger partial charge is 0.411 e. The Balaban J connectivity index is 0.000000377. The summed E-state index contributed by atoms with van der Waals surface area (Å²) in [6, 6.07) is -3.61. The molecule has 316 valence electrons. The molecule has 10 atom stereocenters. The second kappa shape index (κ2) is 16.1. The maximum absolute atomic E-state index is 13.4. The highest BCUT2D eigenvalue weighted by Gasteiger charge is 2.70. The molecule has 5 amide bonds. The Morgan fingerprint density at radius 2 is 1.02 bits per heavy atom. The van der Waals surface area contributed by atoms with Crippen molar-refractivity contribution >= 4 is 35.9 Å². The first kappa shape index (κ1) is 47.5. The molecule has 4 saturated heterocycles. The summed E-state index contributed by atoms with van der Waals surface area (Å²) in [6.07, 6.45) is -1.07. The quantitative estimate of drug-likeness (QED) is 0.285. The minimum Gasteiger partial charge on any atom is -0.480 e. The Hall–Kier alpha value is -3.66. The van der Waals surface area contributed by atoms with Crippen LogP contribution in [0.4, 0.5) is 9.59 Å². The van der Waals surface area contributed by atoms with Gasteiger partial charge in [-0.2, -0.15) is 0 Å². The van der Waals surface area contributed by atoms with Crippen molar-refractivity contribution in [2.75, 3.05) is 0 Å². The number of carboxylic acid groups (broad SMARTS) is 1. The molecule has 4 aliphatic heterocycles. The molecule has 4 rings (SSSR count). The summed E-state index contributed by atoms with van der Waals surface area (Å²) in [4.78, 5) is 81.9. The molecule has 4 fully saturated rings. The van der Waals surface area contributed by atoms with E-state index in [9.17, 15) is 44.1 Å². The van der Waals surface area contributed by atoms with Crippen molar-refractivity contribution in [3.63, 3.8) is 0 Å². The number of aliphatic hydroxyl groups excluding tert-OH is 2. The van der Waals surface area contributed by atoms with Crippen LogP contribution in [0.5, 0.6) is 0 Å². The van der Waals surface area contributed by atoms with Crippen LogP contribution in [0, 0.1) is 0 Å². The summed E-state index contributed by atoms with van der Waals surface area (Å²) in [6.45, 7) is 26.3. The molecule has 16 heteroatoms. The van der Waals surface area contributed by atoms with Crippen LogP contribution in [0.15, 0.2) is 0 Å². The minimum absolute atomic E-state index is 0. The third-order valence-electron chi connectivity index (χ3n) is 10.8. The number of aliphatic carboxylic acids is 1. The van der Waals surface area contributed by atoms with Gasteiger partial charge < -0.3 is 39.9 Å². The number of nitrogens with one attached hydrogen (secondary N) is 1. The molecule has 2 spiro atoms. The fourth-order valence-corrected chi connectivity index (χ4v) is 8.49. The van der Waals surface area contributed by atoms with Crippen LogP contribution in [-0.2, 0) is 28.7 Å². The first-order valence-electron chi connectivity index (χ1n) is 19.0. The van der Waals surface area contributed by atoms with Gasteiger partial charge in [-0.1, -0.05) is 7.43 Å². The van der Waals surface area contributed by atoms with Crippen molar-refractivity contribution in [1.29, 1.82) is 0 Å². The first-order chi connectivity index (χ1) is 24.4. The molecule has 0 saturated carbocycles. The number of hydrogen-bond donors (Lipinski definition) is 4. The molecule has 55 heavy (non-hydrogen) atoms. The monoisotopic (exact) mass is 783 g/mol. The molecule has 0 radical (unpaired) electrons. The molecule has 0 aromatic heterocycles. The molecule has 16 nitrogen and oxygen atoms in total. The van der Waals surface area contributed by atoms with E-state index in [2.05, 4.69) is 5.32 Å². The molecule has 4 N–H and O–H groups in total. The number of rotatable bonds is 6. The summed E-state index contributed by atoms with van der Waals surface area (Å²) >= 11 is 0. The first-order valence-corrected chi connectivity index (χ1v) is 19.0. The van der Waals surface area contributed by atoms with Crippen LogP contribution in [0.25, 0.3) is 0 Å². The number of carboxylic acids is 1. The summed E-state index contributed by atoms with van der Waals surface area (Å²) < 4.78 is 11.0. The summed E-state index contributed by atoms with van der Waals surface area (Å²) in [5.74, 6) is -2.42. The maximum atomic E-state index is 13.4. The van der Waals surface area contributed by atoms with Gasteiger partial charge in [-0.3, -0.25) is 24.2 Å². The highest BCUT2D eigenvalue weighted by molar-refractivity contribution is 6.01. The third kappa shape index (κ3) is 8.84. The normalized spacial score (nSPS) is 30.0. The van der Waals surface area contributed by atoms with Gasteiger partial charge in [0.2, 0.25) is 5.91 Å². The molecule has 4 heterocycles.